The second-order valence-electron chi connectivity index (χ2n) is 5.83. The number of sulfone groups is 1. The molecule has 3 rings (SSSR count). The third-order valence-corrected chi connectivity index (χ3v) is 7.68. The van der Waals surface area contributed by atoms with Crippen LogP contribution in [0.5, 0.6) is 0 Å². The van der Waals surface area contributed by atoms with Crippen LogP contribution in [-0.4, -0.2) is 53.4 Å². The number of aliphatic imine (C=N–C) groups is 1. The average molecular weight is 447 g/mol. The van der Waals surface area contributed by atoms with Crippen LogP contribution in [0.15, 0.2) is 33.7 Å². The van der Waals surface area contributed by atoms with Crippen LogP contribution in [0.3, 0.4) is 0 Å². The fourth-order valence-corrected chi connectivity index (χ4v) is 7.04. The van der Waals surface area contributed by atoms with E-state index in [4.69, 9.17) is 5.11 Å². The molecule has 2 fully saturated rings. The molecule has 7 nitrogen and oxygen atoms in total. The third kappa shape index (κ3) is 4.24. The molecule has 2 aliphatic heterocycles. The van der Waals surface area contributed by atoms with Gasteiger partial charge in [0.05, 0.1) is 24.0 Å². The number of fused-ring (bicyclic) bond motifs is 1. The van der Waals surface area contributed by atoms with Gasteiger partial charge in [-0.1, -0.05) is 27.7 Å². The van der Waals surface area contributed by atoms with E-state index in [-0.39, 0.29) is 35.6 Å². The zero-order valence-corrected chi connectivity index (χ0v) is 16.2. The highest BCUT2D eigenvalue weighted by Gasteiger charge is 2.49. The van der Waals surface area contributed by atoms with Crippen molar-refractivity contribution in [1.82, 2.24) is 0 Å². The summed E-state index contributed by atoms with van der Waals surface area (Å²) in [4.78, 5) is 28.4. The molecule has 1 aromatic carbocycles. The zero-order chi connectivity index (χ0) is 18.2. The van der Waals surface area contributed by atoms with E-state index in [1.54, 1.807) is 4.90 Å². The van der Waals surface area contributed by atoms with Crippen molar-refractivity contribution in [2.24, 2.45) is 4.99 Å². The number of rotatable bonds is 4. The Hall–Kier alpha value is -1.39. The number of carboxylic acids is 1. The minimum atomic E-state index is -3.12. The summed E-state index contributed by atoms with van der Waals surface area (Å²) in [5.41, 5.74) is 0.755. The molecule has 2 heterocycles. The van der Waals surface area contributed by atoms with Gasteiger partial charge in [0.1, 0.15) is 0 Å². The fraction of sp³-hybridized carbons (Fsp3) is 0.400. The molecule has 1 aromatic rings. The molecular formula is C15H15BrN2O5S2. The van der Waals surface area contributed by atoms with E-state index in [1.165, 1.54) is 11.8 Å². The van der Waals surface area contributed by atoms with Crippen LogP contribution in [0.4, 0.5) is 5.69 Å². The average Bonchev–Trinajstić information content (AvgIpc) is 2.97. The highest BCUT2D eigenvalue weighted by Crippen LogP contribution is 2.41. The molecule has 25 heavy (non-hydrogen) atoms. The molecule has 0 unspecified atom stereocenters. The maximum atomic E-state index is 12.0. The van der Waals surface area contributed by atoms with E-state index in [0.717, 1.165) is 10.2 Å². The Kier molecular flexibility index (Phi) is 5.21. The first-order valence-electron chi connectivity index (χ1n) is 7.50. The lowest BCUT2D eigenvalue weighted by atomic mass is 10.2. The van der Waals surface area contributed by atoms with E-state index in [1.807, 2.05) is 24.3 Å². The molecule has 0 aromatic heterocycles. The van der Waals surface area contributed by atoms with Crippen molar-refractivity contribution in [2.45, 2.75) is 24.1 Å². The lowest BCUT2D eigenvalue weighted by Crippen LogP contribution is -2.37. The van der Waals surface area contributed by atoms with E-state index in [2.05, 4.69) is 20.9 Å². The number of anilines is 1. The Labute approximate surface area is 157 Å². The summed E-state index contributed by atoms with van der Waals surface area (Å²) >= 11 is 4.63. The van der Waals surface area contributed by atoms with Crippen molar-refractivity contribution in [3.05, 3.63) is 28.7 Å². The number of hydrogen-bond donors (Lipinski definition) is 1. The van der Waals surface area contributed by atoms with E-state index in [0.29, 0.717) is 5.17 Å². The summed E-state index contributed by atoms with van der Waals surface area (Å²) in [5.74, 6) is -1.50. The predicted molar refractivity (Wildman–Crippen MR) is 99.8 cm³/mol. The number of aliphatic carboxylic acids is 1. The van der Waals surface area contributed by atoms with Crippen molar-refractivity contribution < 1.29 is 23.1 Å². The van der Waals surface area contributed by atoms with Crippen LogP contribution in [0.2, 0.25) is 0 Å². The number of hydrogen-bond acceptors (Lipinski definition) is 5. The van der Waals surface area contributed by atoms with E-state index >= 15 is 0 Å². The number of benzene rings is 1. The fourth-order valence-electron chi connectivity index (χ4n) is 2.84. The minimum Gasteiger partial charge on any atom is -0.481 e. The molecular weight excluding hydrogens is 432 g/mol. The van der Waals surface area contributed by atoms with E-state index < -0.39 is 21.7 Å². The Bertz CT molecular complexity index is 838. The van der Waals surface area contributed by atoms with Gasteiger partial charge in [-0.05, 0) is 24.3 Å². The van der Waals surface area contributed by atoms with Gasteiger partial charge < -0.3 is 10.0 Å². The van der Waals surface area contributed by atoms with Crippen LogP contribution in [-0.2, 0) is 19.4 Å². The van der Waals surface area contributed by atoms with Crippen molar-refractivity contribution in [2.75, 3.05) is 16.4 Å². The smallest absolute Gasteiger partial charge is 0.303 e. The third-order valence-electron chi connectivity index (χ3n) is 3.94. The maximum absolute atomic E-state index is 12.0. The zero-order valence-electron chi connectivity index (χ0n) is 13.0. The molecule has 1 N–H and O–H groups in total. The molecule has 0 aliphatic carbocycles. The Morgan fingerprint density at radius 3 is 2.56 bits per heavy atom. The summed E-state index contributed by atoms with van der Waals surface area (Å²) in [6.45, 7) is 0. The van der Waals surface area contributed by atoms with Crippen molar-refractivity contribution >= 4 is 60.3 Å². The number of halogens is 1. The standard InChI is InChI=1S/C15H15BrN2O5S2/c16-9-1-3-10(4-2-9)18-11-7-25(22,23)8-12(11)24-15(18)17-13(19)5-6-14(20)21/h1-4,11-12H,5-8H2,(H,20,21)/t11-,12-/m0/s1. The normalized spacial score (nSPS) is 26.0. The van der Waals surface area contributed by atoms with Crippen LogP contribution in [0, 0.1) is 0 Å². The van der Waals surface area contributed by atoms with Crippen molar-refractivity contribution in [3.8, 4) is 0 Å². The van der Waals surface area contributed by atoms with Crippen molar-refractivity contribution in [3.63, 3.8) is 0 Å². The summed E-state index contributed by atoms with van der Waals surface area (Å²) < 4.78 is 24.8. The minimum absolute atomic E-state index is 0.0169. The van der Waals surface area contributed by atoms with Gasteiger partial charge in [0.2, 0.25) is 5.91 Å². The first kappa shape index (κ1) is 18.4. The number of thioether (sulfide) groups is 1. The van der Waals surface area contributed by atoms with E-state index in [9.17, 15) is 18.0 Å². The van der Waals surface area contributed by atoms with Gasteiger partial charge in [-0.3, -0.25) is 9.59 Å². The van der Waals surface area contributed by atoms with Crippen LogP contribution in [0.1, 0.15) is 12.8 Å². The summed E-state index contributed by atoms with van der Waals surface area (Å²) in [6.07, 6.45) is -0.457. The number of amidine groups is 1. The Morgan fingerprint density at radius 2 is 1.92 bits per heavy atom. The Morgan fingerprint density at radius 1 is 1.24 bits per heavy atom. The number of amides is 1. The first-order chi connectivity index (χ1) is 11.7. The number of carbonyl (C=O) groups is 2. The van der Waals surface area contributed by atoms with Gasteiger partial charge in [0.15, 0.2) is 15.0 Å². The highest BCUT2D eigenvalue weighted by atomic mass is 79.9. The molecule has 2 saturated heterocycles. The van der Waals surface area contributed by atoms with Gasteiger partial charge in [-0.2, -0.15) is 4.99 Å². The molecule has 2 aliphatic rings. The monoisotopic (exact) mass is 446 g/mol. The van der Waals surface area contributed by atoms with Crippen molar-refractivity contribution in [1.29, 1.82) is 0 Å². The number of nitrogens with zero attached hydrogens (tertiary/aromatic N) is 2. The van der Waals surface area contributed by atoms with Crippen LogP contribution in [0.25, 0.3) is 0 Å². The molecule has 134 valence electrons. The number of carbonyl (C=O) groups excluding carboxylic acids is 1. The second kappa shape index (κ2) is 7.08. The lowest BCUT2D eigenvalue weighted by Gasteiger charge is -2.24. The molecule has 0 spiro atoms. The summed E-state index contributed by atoms with van der Waals surface area (Å²) in [6, 6.07) is 7.05. The highest BCUT2D eigenvalue weighted by molar-refractivity contribution is 9.10. The first-order valence-corrected chi connectivity index (χ1v) is 11.0. The maximum Gasteiger partial charge on any atom is 0.303 e. The van der Waals surface area contributed by atoms with Gasteiger partial charge in [-0.25, -0.2) is 8.42 Å². The van der Waals surface area contributed by atoms with Crippen LogP contribution >= 0.6 is 27.7 Å². The topological polar surface area (TPSA) is 104 Å². The molecule has 2 atom stereocenters. The van der Waals surface area contributed by atoms with Gasteiger partial charge in [0.25, 0.3) is 0 Å². The molecule has 1 amide bonds. The number of carboxylic acid groups (broad SMARTS) is 1. The molecule has 0 radical (unpaired) electrons. The predicted octanol–water partition coefficient (Wildman–Crippen LogP) is 1.92. The Balaban J connectivity index is 1.90. The summed E-state index contributed by atoms with van der Waals surface area (Å²) in [5, 5.41) is 8.93. The van der Waals surface area contributed by atoms with Gasteiger partial charge >= 0.3 is 5.97 Å². The summed E-state index contributed by atoms with van der Waals surface area (Å²) in [7, 11) is -3.12. The van der Waals surface area contributed by atoms with Gasteiger partial charge in [-0.15, -0.1) is 0 Å². The molecule has 0 bridgehead atoms. The molecule has 0 saturated carbocycles. The SMILES string of the molecule is O=C(O)CCC(=O)N=C1S[C@H]2CS(=O)(=O)C[C@@H]2N1c1ccc(Br)cc1. The lowest BCUT2D eigenvalue weighted by molar-refractivity contribution is -0.138. The second-order valence-corrected chi connectivity index (χ2v) is 10.1. The largest absolute Gasteiger partial charge is 0.481 e. The molecule has 10 heteroatoms. The van der Waals surface area contributed by atoms with Crippen LogP contribution < -0.4 is 4.90 Å². The van der Waals surface area contributed by atoms with Gasteiger partial charge in [0, 0.05) is 21.8 Å². The quantitative estimate of drug-likeness (QED) is 0.752.